The van der Waals surface area contributed by atoms with Gasteiger partial charge in [0.2, 0.25) is 17.5 Å². The summed E-state index contributed by atoms with van der Waals surface area (Å²) in [4.78, 5) is 13.7. The first-order valence-corrected chi connectivity index (χ1v) is 13.0. The Hall–Kier alpha value is -3.71. The zero-order valence-electron chi connectivity index (χ0n) is 22.3. The smallest absolute Gasteiger partial charge is 0.239 e. The molecule has 3 heterocycles. The Bertz CT molecular complexity index is 1540. The third kappa shape index (κ3) is 5.55. The van der Waals surface area contributed by atoms with E-state index in [9.17, 15) is 55.9 Å². The van der Waals surface area contributed by atoms with Crippen LogP contribution in [0.4, 0.5) is 0 Å². The van der Waals surface area contributed by atoms with Gasteiger partial charge >= 0.3 is 0 Å². The van der Waals surface area contributed by atoms with Crippen molar-refractivity contribution in [2.75, 3.05) is 6.61 Å². The summed E-state index contributed by atoms with van der Waals surface area (Å²) in [6.45, 7) is 0.541. The molecule has 1 aromatic heterocycles. The molecule has 16 heteroatoms. The van der Waals surface area contributed by atoms with E-state index in [4.69, 9.17) is 23.4 Å². The second-order valence-electron chi connectivity index (χ2n) is 10.2. The minimum Gasteiger partial charge on any atom is -0.508 e. The van der Waals surface area contributed by atoms with Crippen molar-refractivity contribution >= 4 is 11.0 Å². The highest BCUT2D eigenvalue weighted by Crippen LogP contribution is 2.40. The summed E-state index contributed by atoms with van der Waals surface area (Å²) < 4.78 is 28.3. The lowest BCUT2D eigenvalue weighted by atomic mass is 9.97. The maximum absolute atomic E-state index is 13.7. The van der Waals surface area contributed by atoms with Crippen molar-refractivity contribution < 1.29 is 74.4 Å². The van der Waals surface area contributed by atoms with E-state index in [0.29, 0.717) is 0 Å². The van der Waals surface area contributed by atoms with Gasteiger partial charge in [0.15, 0.2) is 29.7 Å². The average molecular weight is 611 g/mol. The Morgan fingerprint density at radius 3 is 2.19 bits per heavy atom. The molecule has 43 heavy (non-hydrogen) atoms. The highest BCUT2D eigenvalue weighted by Gasteiger charge is 2.51. The predicted molar refractivity (Wildman–Crippen MR) is 140 cm³/mol. The molecule has 10 atom stereocenters. The van der Waals surface area contributed by atoms with E-state index in [0.717, 1.165) is 24.3 Å². The van der Waals surface area contributed by atoms with Crippen molar-refractivity contribution in [2.45, 2.75) is 68.3 Å². The lowest BCUT2D eigenvalue weighted by molar-refractivity contribution is -0.354. The molecule has 10 N–H and O–H groups in total. The predicted octanol–water partition coefficient (Wildman–Crippen LogP) is -1.69. The van der Waals surface area contributed by atoms with Gasteiger partial charge in [-0.3, -0.25) is 4.79 Å². The molecule has 234 valence electrons. The molecule has 0 saturated carbocycles. The monoisotopic (exact) mass is 610 g/mol. The highest BCUT2D eigenvalue weighted by atomic mass is 16.8. The molecule has 5 unspecified atom stereocenters. The fraction of sp³-hybridized carbons (Fsp3) is 0.444. The Morgan fingerprint density at radius 1 is 0.791 bits per heavy atom. The Balaban J connectivity index is 1.62. The summed E-state index contributed by atoms with van der Waals surface area (Å²) in [7, 11) is 0. The third-order valence-corrected chi connectivity index (χ3v) is 7.31. The van der Waals surface area contributed by atoms with Crippen LogP contribution >= 0.6 is 0 Å². The standard InChI is InChI=1S/C27H30O16/c1-8-17(33)20(36)22(38)26(39-8)43-25-21(37)18(34)15(7-28)41-27(25)42-24-19(35)16-13(32)5-10(29)6-14(16)40-23(24)9-2-3-11(30)12(31)4-9/h2-6,8,15,17-18,20-22,25-34,36-38H,7H2,1H3/t8-,15?,17-,18?,20+,21?,22+,25?,26-,27?/m0/s1. The fourth-order valence-corrected chi connectivity index (χ4v) is 4.92. The van der Waals surface area contributed by atoms with Gasteiger partial charge in [0.1, 0.15) is 59.1 Å². The summed E-state index contributed by atoms with van der Waals surface area (Å²) in [6, 6.07) is 5.21. The van der Waals surface area contributed by atoms with Gasteiger partial charge < -0.3 is 74.4 Å². The van der Waals surface area contributed by atoms with E-state index in [1.807, 2.05) is 0 Å². The van der Waals surface area contributed by atoms with E-state index in [1.165, 1.54) is 13.0 Å². The van der Waals surface area contributed by atoms with E-state index < -0.39 is 113 Å². The summed E-state index contributed by atoms with van der Waals surface area (Å²) in [5.74, 6) is -3.40. The SMILES string of the molecule is C[C@@H]1O[C@@H](OC2C(Oc3c(-c4ccc(O)c(O)c4)oc4cc(O)cc(O)c4c3=O)OC(CO)C(O)C2O)[C@H](O)[C@H](O)[C@H]1O. The van der Waals surface area contributed by atoms with E-state index in [2.05, 4.69) is 0 Å². The third-order valence-electron chi connectivity index (χ3n) is 7.31. The van der Waals surface area contributed by atoms with E-state index in [-0.39, 0.29) is 11.1 Å². The molecule has 0 amide bonds. The van der Waals surface area contributed by atoms with E-state index in [1.54, 1.807) is 0 Å². The number of aliphatic hydroxyl groups excluding tert-OH is 6. The first-order valence-electron chi connectivity index (χ1n) is 13.0. The van der Waals surface area contributed by atoms with Crippen molar-refractivity contribution in [3.05, 3.63) is 40.6 Å². The molecule has 2 aliphatic heterocycles. The molecule has 2 aliphatic rings. The minimum absolute atomic E-state index is 0.0447. The molecular weight excluding hydrogens is 580 g/mol. The molecule has 0 bridgehead atoms. The zero-order chi connectivity index (χ0) is 31.3. The summed E-state index contributed by atoms with van der Waals surface area (Å²) in [5, 5.41) is 102. The van der Waals surface area contributed by atoms with Crippen LogP contribution in [0.1, 0.15) is 6.92 Å². The molecule has 3 aromatic rings. The van der Waals surface area contributed by atoms with Crippen LogP contribution in [0.5, 0.6) is 28.7 Å². The van der Waals surface area contributed by atoms with Crippen LogP contribution in [-0.2, 0) is 14.2 Å². The highest BCUT2D eigenvalue weighted by molar-refractivity contribution is 5.88. The fourth-order valence-electron chi connectivity index (χ4n) is 4.92. The van der Waals surface area contributed by atoms with Gasteiger partial charge in [-0.05, 0) is 25.1 Å². The first-order chi connectivity index (χ1) is 20.3. The van der Waals surface area contributed by atoms with Gasteiger partial charge in [-0.1, -0.05) is 0 Å². The second kappa shape index (κ2) is 11.8. The number of rotatable bonds is 6. The lowest BCUT2D eigenvalue weighted by Crippen LogP contribution is -2.64. The molecule has 2 saturated heterocycles. The molecule has 2 aromatic carbocycles. The molecule has 16 nitrogen and oxygen atoms in total. The molecule has 5 rings (SSSR count). The van der Waals surface area contributed by atoms with Gasteiger partial charge in [0.05, 0.1) is 12.7 Å². The van der Waals surface area contributed by atoms with Gasteiger partial charge in [0, 0.05) is 17.7 Å². The van der Waals surface area contributed by atoms with Crippen molar-refractivity contribution in [2.24, 2.45) is 0 Å². The van der Waals surface area contributed by atoms with Gasteiger partial charge in [-0.2, -0.15) is 0 Å². The number of fused-ring (bicyclic) bond motifs is 1. The van der Waals surface area contributed by atoms with Gasteiger partial charge in [-0.25, -0.2) is 0 Å². The van der Waals surface area contributed by atoms with Crippen molar-refractivity contribution in [3.8, 4) is 40.1 Å². The number of phenolic OH excluding ortho intramolecular Hbond substituents is 4. The summed E-state index contributed by atoms with van der Waals surface area (Å²) in [5.41, 5.74) is -1.39. The number of hydrogen-bond donors (Lipinski definition) is 10. The normalized spacial score (nSPS) is 33.0. The quantitative estimate of drug-likeness (QED) is 0.140. The first kappa shape index (κ1) is 30.7. The topological polar surface area (TPSA) is 269 Å². The lowest BCUT2D eigenvalue weighted by Gasteiger charge is -2.45. The number of hydrogen-bond acceptors (Lipinski definition) is 16. The molecule has 2 fully saturated rings. The number of benzene rings is 2. The maximum Gasteiger partial charge on any atom is 0.239 e. The van der Waals surface area contributed by atoms with Crippen LogP contribution in [0.15, 0.2) is 39.5 Å². The van der Waals surface area contributed by atoms with Crippen LogP contribution in [0.25, 0.3) is 22.3 Å². The maximum atomic E-state index is 13.7. The van der Waals surface area contributed by atoms with Crippen LogP contribution in [0.3, 0.4) is 0 Å². The van der Waals surface area contributed by atoms with Gasteiger partial charge in [-0.15, -0.1) is 0 Å². The minimum atomic E-state index is -1.91. The van der Waals surface area contributed by atoms with Crippen molar-refractivity contribution in [1.29, 1.82) is 0 Å². The van der Waals surface area contributed by atoms with E-state index >= 15 is 0 Å². The largest absolute Gasteiger partial charge is 0.508 e. The molecule has 0 spiro atoms. The zero-order valence-corrected chi connectivity index (χ0v) is 22.3. The summed E-state index contributed by atoms with van der Waals surface area (Å²) >= 11 is 0. The van der Waals surface area contributed by atoms with Crippen molar-refractivity contribution in [1.82, 2.24) is 0 Å². The molecular formula is C27H30O16. The number of aromatic hydroxyl groups is 4. The Kier molecular flexibility index (Phi) is 8.41. The number of phenols is 4. The number of ether oxygens (including phenoxy) is 4. The van der Waals surface area contributed by atoms with Crippen LogP contribution in [0, 0.1) is 0 Å². The second-order valence-corrected chi connectivity index (χ2v) is 10.2. The van der Waals surface area contributed by atoms with Crippen LogP contribution in [-0.4, -0.2) is 119 Å². The molecule has 0 aliphatic carbocycles. The van der Waals surface area contributed by atoms with Crippen LogP contribution in [0.2, 0.25) is 0 Å². The number of aliphatic hydroxyl groups is 6. The van der Waals surface area contributed by atoms with Gasteiger partial charge in [0.25, 0.3) is 0 Å². The Labute approximate surface area is 241 Å². The molecule has 0 radical (unpaired) electrons. The average Bonchev–Trinajstić information content (AvgIpc) is 2.96. The summed E-state index contributed by atoms with van der Waals surface area (Å²) in [6.07, 6.45) is -16.7. The van der Waals surface area contributed by atoms with Crippen LogP contribution < -0.4 is 10.2 Å². The Morgan fingerprint density at radius 2 is 1.51 bits per heavy atom. The van der Waals surface area contributed by atoms with Crippen molar-refractivity contribution in [3.63, 3.8) is 0 Å².